The molecule has 2 aromatic rings. The van der Waals surface area contributed by atoms with Gasteiger partial charge in [-0.05, 0) is 30.5 Å². The predicted molar refractivity (Wildman–Crippen MR) is 99.4 cm³/mol. The monoisotopic (exact) mass is 391 g/mol. The molecule has 1 amide bonds. The lowest BCUT2D eigenvalue weighted by molar-refractivity contribution is -0.126. The molecular weight excluding hydrogens is 369 g/mol. The Balaban J connectivity index is 1.52. The van der Waals surface area contributed by atoms with E-state index in [1.54, 1.807) is 24.5 Å². The molecule has 0 bridgehead atoms. The molecular formula is C19H22FN3O3S. The maximum atomic E-state index is 13.7. The highest BCUT2D eigenvalue weighted by atomic mass is 32.2. The average molecular weight is 391 g/mol. The van der Waals surface area contributed by atoms with Gasteiger partial charge < -0.3 is 5.32 Å². The fraction of sp³-hybridized carbons (Fsp3) is 0.368. The molecule has 1 aromatic heterocycles. The number of hydrogen-bond donors (Lipinski definition) is 1. The highest BCUT2D eigenvalue weighted by Crippen LogP contribution is 2.22. The zero-order valence-electron chi connectivity index (χ0n) is 14.8. The molecule has 1 fully saturated rings. The van der Waals surface area contributed by atoms with Crippen molar-refractivity contribution in [3.63, 3.8) is 0 Å². The Morgan fingerprint density at radius 1 is 1.19 bits per heavy atom. The maximum absolute atomic E-state index is 13.7. The van der Waals surface area contributed by atoms with Gasteiger partial charge in [-0.2, -0.15) is 0 Å². The van der Waals surface area contributed by atoms with Crippen LogP contribution in [0.3, 0.4) is 0 Å². The van der Waals surface area contributed by atoms with Crippen LogP contribution in [0.2, 0.25) is 0 Å². The van der Waals surface area contributed by atoms with Crippen molar-refractivity contribution >= 4 is 15.9 Å². The van der Waals surface area contributed by atoms with Crippen LogP contribution >= 0.6 is 0 Å². The van der Waals surface area contributed by atoms with Crippen molar-refractivity contribution in [2.45, 2.75) is 25.1 Å². The zero-order chi connectivity index (χ0) is 19.3. The molecule has 1 N–H and O–H groups in total. The van der Waals surface area contributed by atoms with Crippen LogP contribution in [-0.4, -0.2) is 36.7 Å². The van der Waals surface area contributed by atoms with Gasteiger partial charge in [-0.25, -0.2) is 17.1 Å². The second kappa shape index (κ2) is 8.58. The summed E-state index contributed by atoms with van der Waals surface area (Å²) in [5, 5.41) is 2.87. The van der Waals surface area contributed by atoms with Gasteiger partial charge in [0.1, 0.15) is 5.82 Å². The number of nitrogens with zero attached hydrogens (tertiary/aromatic N) is 2. The van der Waals surface area contributed by atoms with Crippen LogP contribution in [0.4, 0.5) is 4.39 Å². The zero-order valence-corrected chi connectivity index (χ0v) is 15.7. The average Bonchev–Trinajstić information content (AvgIpc) is 2.69. The lowest BCUT2D eigenvalue weighted by atomic mass is 9.97. The number of piperidine rings is 1. The van der Waals surface area contributed by atoms with E-state index in [-0.39, 0.29) is 36.2 Å². The van der Waals surface area contributed by atoms with Crippen molar-refractivity contribution in [3.05, 3.63) is 65.7 Å². The number of aromatic nitrogens is 1. The minimum Gasteiger partial charge on any atom is -0.352 e. The van der Waals surface area contributed by atoms with Crippen LogP contribution in [0.5, 0.6) is 0 Å². The summed E-state index contributed by atoms with van der Waals surface area (Å²) in [6, 6.07) is 9.56. The Kier molecular flexibility index (Phi) is 6.18. The lowest BCUT2D eigenvalue weighted by Gasteiger charge is -2.30. The molecule has 2 heterocycles. The normalized spacial score (nSPS) is 16.2. The van der Waals surface area contributed by atoms with Crippen molar-refractivity contribution in [1.29, 1.82) is 0 Å². The van der Waals surface area contributed by atoms with Gasteiger partial charge in [0.15, 0.2) is 0 Å². The van der Waals surface area contributed by atoms with Gasteiger partial charge in [0.2, 0.25) is 15.9 Å². The summed E-state index contributed by atoms with van der Waals surface area (Å²) in [5.74, 6) is -1.19. The molecule has 27 heavy (non-hydrogen) atoms. The van der Waals surface area contributed by atoms with Crippen LogP contribution in [0.1, 0.15) is 24.0 Å². The molecule has 1 aromatic carbocycles. The van der Waals surface area contributed by atoms with E-state index in [9.17, 15) is 17.6 Å². The standard InChI is InChI=1S/C19H22FN3O3S/c20-18-6-2-1-5-17(18)14-27(25,26)23-10-7-16(8-11-23)19(24)22-13-15-4-3-9-21-12-15/h1-6,9,12,16H,7-8,10-11,13-14H2,(H,22,24). The SMILES string of the molecule is O=C(NCc1cccnc1)C1CCN(S(=O)(=O)Cc2ccccc2F)CC1. The van der Waals surface area contributed by atoms with Gasteiger partial charge in [0, 0.05) is 43.5 Å². The Morgan fingerprint density at radius 2 is 1.93 bits per heavy atom. The van der Waals surface area contributed by atoms with Crippen LogP contribution < -0.4 is 5.32 Å². The minimum atomic E-state index is -3.61. The highest BCUT2D eigenvalue weighted by molar-refractivity contribution is 7.88. The fourth-order valence-electron chi connectivity index (χ4n) is 3.14. The van der Waals surface area contributed by atoms with Crippen molar-refractivity contribution in [1.82, 2.24) is 14.6 Å². The van der Waals surface area contributed by atoms with E-state index in [0.29, 0.717) is 19.4 Å². The summed E-state index contributed by atoms with van der Waals surface area (Å²) < 4.78 is 40.2. The number of amides is 1. The second-order valence-corrected chi connectivity index (χ2v) is 8.57. The van der Waals surface area contributed by atoms with E-state index in [1.165, 1.54) is 22.5 Å². The highest BCUT2D eigenvalue weighted by Gasteiger charge is 2.31. The van der Waals surface area contributed by atoms with Crippen LogP contribution in [0.15, 0.2) is 48.8 Å². The third kappa shape index (κ3) is 5.11. The molecule has 8 heteroatoms. The molecule has 1 saturated heterocycles. The van der Waals surface area contributed by atoms with E-state index >= 15 is 0 Å². The number of hydrogen-bond acceptors (Lipinski definition) is 4. The lowest BCUT2D eigenvalue weighted by Crippen LogP contribution is -2.43. The molecule has 6 nitrogen and oxygen atoms in total. The smallest absolute Gasteiger partial charge is 0.223 e. The van der Waals surface area contributed by atoms with E-state index in [4.69, 9.17) is 0 Å². The van der Waals surface area contributed by atoms with E-state index in [2.05, 4.69) is 10.3 Å². The first-order chi connectivity index (χ1) is 13.0. The van der Waals surface area contributed by atoms with Crippen molar-refractivity contribution in [2.24, 2.45) is 5.92 Å². The van der Waals surface area contributed by atoms with E-state index < -0.39 is 15.8 Å². The number of halogens is 1. The molecule has 144 valence electrons. The summed E-state index contributed by atoms with van der Waals surface area (Å²) in [7, 11) is -3.61. The third-order valence-electron chi connectivity index (χ3n) is 4.70. The van der Waals surface area contributed by atoms with Gasteiger partial charge in [-0.1, -0.05) is 24.3 Å². The third-order valence-corrected chi connectivity index (χ3v) is 6.53. The molecule has 0 radical (unpaired) electrons. The van der Waals surface area contributed by atoms with Crippen molar-refractivity contribution in [2.75, 3.05) is 13.1 Å². The first-order valence-corrected chi connectivity index (χ1v) is 10.4. The second-order valence-electron chi connectivity index (χ2n) is 6.60. The molecule has 0 spiro atoms. The van der Waals surface area contributed by atoms with Gasteiger partial charge in [0.05, 0.1) is 5.75 Å². The Hall–Kier alpha value is -2.32. The number of rotatable bonds is 6. The van der Waals surface area contributed by atoms with Gasteiger partial charge in [-0.3, -0.25) is 9.78 Å². The molecule has 0 atom stereocenters. The number of carbonyl (C=O) groups is 1. The number of benzene rings is 1. The number of nitrogens with one attached hydrogen (secondary N) is 1. The van der Waals surface area contributed by atoms with E-state index in [0.717, 1.165) is 5.56 Å². The van der Waals surface area contributed by atoms with Gasteiger partial charge in [-0.15, -0.1) is 0 Å². The van der Waals surface area contributed by atoms with Crippen LogP contribution in [0, 0.1) is 11.7 Å². The first kappa shape index (κ1) is 19.4. The summed E-state index contributed by atoms with van der Waals surface area (Å²) in [4.78, 5) is 16.3. The Labute approximate surface area is 158 Å². The molecule has 0 unspecified atom stereocenters. The molecule has 0 saturated carbocycles. The first-order valence-electron chi connectivity index (χ1n) is 8.83. The summed E-state index contributed by atoms with van der Waals surface area (Å²) in [6.07, 6.45) is 4.27. The fourth-order valence-corrected chi connectivity index (χ4v) is 4.71. The van der Waals surface area contributed by atoms with Gasteiger partial charge in [0.25, 0.3) is 0 Å². The Morgan fingerprint density at radius 3 is 2.59 bits per heavy atom. The quantitative estimate of drug-likeness (QED) is 0.818. The topological polar surface area (TPSA) is 79.4 Å². The summed E-state index contributed by atoms with van der Waals surface area (Å²) >= 11 is 0. The number of sulfonamides is 1. The summed E-state index contributed by atoms with van der Waals surface area (Å²) in [5.41, 5.74) is 1.07. The number of carbonyl (C=O) groups excluding carboxylic acids is 1. The van der Waals surface area contributed by atoms with Gasteiger partial charge >= 0.3 is 0 Å². The molecule has 1 aliphatic heterocycles. The molecule has 0 aliphatic carbocycles. The predicted octanol–water partition coefficient (Wildman–Crippen LogP) is 2.08. The molecule has 3 rings (SSSR count). The van der Waals surface area contributed by atoms with Crippen molar-refractivity contribution in [3.8, 4) is 0 Å². The van der Waals surface area contributed by atoms with E-state index in [1.807, 2.05) is 6.07 Å². The summed E-state index contributed by atoms with van der Waals surface area (Å²) in [6.45, 7) is 0.933. The Bertz CT molecular complexity index is 882. The maximum Gasteiger partial charge on any atom is 0.223 e. The largest absolute Gasteiger partial charge is 0.352 e. The van der Waals surface area contributed by atoms with Crippen LogP contribution in [-0.2, 0) is 27.1 Å². The minimum absolute atomic E-state index is 0.0787. The molecule has 1 aliphatic rings. The van der Waals surface area contributed by atoms with Crippen molar-refractivity contribution < 1.29 is 17.6 Å². The van der Waals surface area contributed by atoms with Crippen LogP contribution in [0.25, 0.3) is 0 Å². The number of pyridine rings is 1.